The third-order valence-electron chi connectivity index (χ3n) is 4.42. The lowest BCUT2D eigenvalue weighted by Crippen LogP contribution is -2.51. The number of nitrogens with two attached hydrogens (primary N) is 1. The second-order valence-electron chi connectivity index (χ2n) is 6.75. The number of nitrogen functional groups attached to an aromatic ring is 1. The van der Waals surface area contributed by atoms with Gasteiger partial charge in [0.25, 0.3) is 0 Å². The average molecular weight is 374 g/mol. The smallest absolute Gasteiger partial charge is 0.432 e. The lowest BCUT2D eigenvalue weighted by Gasteiger charge is -2.49. The van der Waals surface area contributed by atoms with Gasteiger partial charge in [-0.3, -0.25) is 9.11 Å². The van der Waals surface area contributed by atoms with Crippen molar-refractivity contribution in [1.82, 2.24) is 9.62 Å². The minimum absolute atomic E-state index is 0.0161. The predicted octanol–water partition coefficient (Wildman–Crippen LogP) is 2.68. The quantitative estimate of drug-likeness (QED) is 0.478. The van der Waals surface area contributed by atoms with Crippen LogP contribution in [0.4, 0.5) is 14.9 Å². The van der Waals surface area contributed by atoms with Crippen molar-refractivity contribution in [2.24, 2.45) is 4.99 Å². The number of carbonyl (C=O) groups is 1. The number of hydrogen-bond donors (Lipinski definition) is 5. The molecule has 25 heavy (non-hydrogen) atoms. The number of halogens is 1. The van der Waals surface area contributed by atoms with Crippen molar-refractivity contribution < 1.29 is 23.4 Å². The van der Waals surface area contributed by atoms with Gasteiger partial charge in [0.05, 0.1) is 5.54 Å². The summed E-state index contributed by atoms with van der Waals surface area (Å²) in [7, 11) is -1.97. The van der Waals surface area contributed by atoms with E-state index in [0.717, 1.165) is 0 Å². The standard InChI is InChI=1S/C15H23FN4O4S/c1-14(2)12(18-13(21)22)19-15(3,8-20(4)25(14,23)24)10-7-9(17)5-6-11(10)16/h5-7,23-24H,8,17H2,1-4H3,(H,18,19)(H,21,22). The summed E-state index contributed by atoms with van der Waals surface area (Å²) >= 11 is 0. The van der Waals surface area contributed by atoms with Crippen LogP contribution in [0.5, 0.6) is 0 Å². The van der Waals surface area contributed by atoms with Crippen molar-refractivity contribution in [3.05, 3.63) is 29.6 Å². The van der Waals surface area contributed by atoms with Gasteiger partial charge in [-0.05, 0) is 39.0 Å². The number of amidine groups is 1. The SMILES string of the molecule is CN1CC(C)(c2cc(N)ccc2F)NC(=NC(=O)O)C(C)(C)S1(O)O. The molecule has 0 aromatic heterocycles. The molecule has 140 valence electrons. The summed E-state index contributed by atoms with van der Waals surface area (Å²) in [4.78, 5) is 14.6. The number of amides is 1. The maximum Gasteiger partial charge on any atom is 0.432 e. The molecule has 1 aromatic rings. The first-order chi connectivity index (χ1) is 11.3. The third-order valence-corrected chi connectivity index (χ3v) is 6.98. The lowest BCUT2D eigenvalue weighted by atomic mass is 9.90. The molecular weight excluding hydrogens is 351 g/mol. The van der Waals surface area contributed by atoms with Crippen LogP contribution in [0.3, 0.4) is 0 Å². The fraction of sp³-hybridized carbons (Fsp3) is 0.467. The maximum absolute atomic E-state index is 14.4. The summed E-state index contributed by atoms with van der Waals surface area (Å²) in [6.07, 6.45) is -1.49. The number of likely N-dealkylation sites (N-methyl/N-ethyl adjacent to an activating group) is 1. The molecule has 0 radical (unpaired) electrons. The molecule has 1 aliphatic rings. The molecule has 1 atom stereocenters. The zero-order chi connectivity index (χ0) is 19.2. The molecule has 2 rings (SSSR count). The Kier molecular flexibility index (Phi) is 4.77. The van der Waals surface area contributed by atoms with Crippen molar-refractivity contribution in [2.45, 2.75) is 31.1 Å². The maximum atomic E-state index is 14.4. The zero-order valence-corrected chi connectivity index (χ0v) is 15.3. The third kappa shape index (κ3) is 3.30. The van der Waals surface area contributed by atoms with Gasteiger partial charge in [0.15, 0.2) is 0 Å². The van der Waals surface area contributed by atoms with Crippen LogP contribution in [0.1, 0.15) is 26.3 Å². The Bertz CT molecular complexity index is 740. The van der Waals surface area contributed by atoms with E-state index >= 15 is 0 Å². The van der Waals surface area contributed by atoms with Crippen molar-refractivity contribution in [3.8, 4) is 0 Å². The molecular formula is C15H23FN4O4S. The summed E-state index contributed by atoms with van der Waals surface area (Å²) in [6, 6.07) is 4.05. The highest BCUT2D eigenvalue weighted by Crippen LogP contribution is 2.57. The van der Waals surface area contributed by atoms with E-state index in [1.807, 2.05) is 0 Å². The van der Waals surface area contributed by atoms with Crippen LogP contribution in [0.2, 0.25) is 0 Å². The molecule has 1 aromatic carbocycles. The summed E-state index contributed by atoms with van der Waals surface area (Å²) in [5.74, 6) is -0.711. The molecule has 1 fully saturated rings. The van der Waals surface area contributed by atoms with E-state index in [0.29, 0.717) is 5.69 Å². The van der Waals surface area contributed by atoms with Gasteiger partial charge in [0.2, 0.25) is 0 Å². The number of nitrogens with one attached hydrogen (secondary N) is 1. The zero-order valence-electron chi connectivity index (χ0n) is 14.4. The van der Waals surface area contributed by atoms with Gasteiger partial charge in [-0.1, -0.05) is 0 Å². The molecule has 0 bridgehead atoms. The second-order valence-corrected chi connectivity index (χ2v) is 9.44. The van der Waals surface area contributed by atoms with Gasteiger partial charge < -0.3 is 16.2 Å². The first-order valence-corrected chi connectivity index (χ1v) is 8.96. The van der Waals surface area contributed by atoms with Crippen LogP contribution in [0.15, 0.2) is 23.2 Å². The molecule has 1 amide bonds. The topological polar surface area (TPSA) is 131 Å². The Morgan fingerprint density at radius 1 is 1.40 bits per heavy atom. The lowest BCUT2D eigenvalue weighted by molar-refractivity contribution is 0.205. The molecule has 1 heterocycles. The Morgan fingerprint density at radius 3 is 2.56 bits per heavy atom. The average Bonchev–Trinajstić information content (AvgIpc) is 2.51. The van der Waals surface area contributed by atoms with Crippen LogP contribution in [0, 0.1) is 5.82 Å². The van der Waals surface area contributed by atoms with Gasteiger partial charge in [0.1, 0.15) is 16.4 Å². The highest BCUT2D eigenvalue weighted by molar-refractivity contribution is 8.24. The summed E-state index contributed by atoms with van der Waals surface area (Å²) in [5, 5.41) is 12.0. The van der Waals surface area contributed by atoms with Crippen LogP contribution < -0.4 is 11.1 Å². The van der Waals surface area contributed by atoms with E-state index in [9.17, 15) is 18.3 Å². The van der Waals surface area contributed by atoms with Gasteiger partial charge in [-0.15, -0.1) is 10.8 Å². The first-order valence-electron chi connectivity index (χ1n) is 7.46. The van der Waals surface area contributed by atoms with Crippen molar-refractivity contribution in [3.63, 3.8) is 0 Å². The number of rotatable bonds is 1. The highest BCUT2D eigenvalue weighted by Gasteiger charge is 2.50. The Hall–Kier alpha value is -1.88. The summed E-state index contributed by atoms with van der Waals surface area (Å²) < 4.78 is 35.6. The molecule has 0 aliphatic carbocycles. The number of anilines is 1. The number of nitrogens with zero attached hydrogens (tertiary/aromatic N) is 2. The van der Waals surface area contributed by atoms with E-state index in [-0.39, 0.29) is 17.9 Å². The minimum atomic E-state index is -3.45. The number of aliphatic imine (C=N–C) groups is 1. The minimum Gasteiger partial charge on any atom is -0.463 e. The number of carboxylic acid groups (broad SMARTS) is 1. The largest absolute Gasteiger partial charge is 0.463 e. The molecule has 0 spiro atoms. The molecule has 8 nitrogen and oxygen atoms in total. The van der Waals surface area contributed by atoms with Gasteiger partial charge in [0, 0.05) is 24.8 Å². The molecule has 1 unspecified atom stereocenters. The second kappa shape index (κ2) is 6.13. The Morgan fingerprint density at radius 2 is 2.00 bits per heavy atom. The molecule has 1 saturated heterocycles. The van der Waals surface area contributed by atoms with E-state index < -0.39 is 33.0 Å². The fourth-order valence-electron chi connectivity index (χ4n) is 2.88. The van der Waals surface area contributed by atoms with E-state index in [1.165, 1.54) is 43.4 Å². The Labute approximate surface area is 147 Å². The van der Waals surface area contributed by atoms with Crippen LogP contribution in [-0.2, 0) is 5.54 Å². The monoisotopic (exact) mass is 374 g/mol. The molecule has 6 N–H and O–H groups in total. The first kappa shape index (κ1) is 19.4. The summed E-state index contributed by atoms with van der Waals surface area (Å²) in [5.41, 5.74) is 5.07. The van der Waals surface area contributed by atoms with Crippen LogP contribution in [-0.4, -0.2) is 48.8 Å². The van der Waals surface area contributed by atoms with E-state index in [4.69, 9.17) is 10.8 Å². The van der Waals surface area contributed by atoms with Crippen molar-refractivity contribution in [1.29, 1.82) is 0 Å². The molecule has 1 aliphatic heterocycles. The number of hydrogen-bond acceptors (Lipinski definition) is 5. The molecule has 10 heteroatoms. The highest BCUT2D eigenvalue weighted by atomic mass is 32.3. The van der Waals surface area contributed by atoms with E-state index in [2.05, 4.69) is 10.3 Å². The van der Waals surface area contributed by atoms with Gasteiger partial charge in [-0.25, -0.2) is 13.5 Å². The number of benzene rings is 1. The van der Waals surface area contributed by atoms with Gasteiger partial charge in [-0.2, -0.15) is 4.99 Å². The summed E-state index contributed by atoms with van der Waals surface area (Å²) in [6.45, 7) is 4.54. The van der Waals surface area contributed by atoms with E-state index in [1.54, 1.807) is 6.92 Å². The normalized spacial score (nSPS) is 28.8. The van der Waals surface area contributed by atoms with Crippen molar-refractivity contribution >= 4 is 28.4 Å². The van der Waals surface area contributed by atoms with Crippen molar-refractivity contribution in [2.75, 3.05) is 19.3 Å². The molecule has 0 saturated carbocycles. The fourth-order valence-corrected chi connectivity index (χ4v) is 4.46. The Balaban J connectivity index is 2.69. The van der Waals surface area contributed by atoms with Crippen LogP contribution >= 0.6 is 10.8 Å². The van der Waals surface area contributed by atoms with Gasteiger partial charge >= 0.3 is 6.09 Å². The predicted molar refractivity (Wildman–Crippen MR) is 96.3 cm³/mol. The van der Waals surface area contributed by atoms with Crippen LogP contribution in [0.25, 0.3) is 0 Å².